The molecule has 1 fully saturated rings. The van der Waals surface area contributed by atoms with E-state index in [0.717, 1.165) is 5.92 Å². The summed E-state index contributed by atoms with van der Waals surface area (Å²) in [6, 6.07) is 1.27. The molecule has 0 amide bonds. The van der Waals surface area contributed by atoms with Crippen molar-refractivity contribution in [2.75, 3.05) is 0 Å². The van der Waals surface area contributed by atoms with Gasteiger partial charge in [0, 0.05) is 0 Å². The topological polar surface area (TPSA) is 9.23 Å². The fourth-order valence-electron chi connectivity index (χ4n) is 1.73. The van der Waals surface area contributed by atoms with Crippen LogP contribution >= 0.6 is 0 Å². The Morgan fingerprint density at radius 2 is 1.82 bits per heavy atom. The second-order valence-corrected chi connectivity index (χ2v) is 4.82. The Bertz CT molecular complexity index is 90.1. The van der Waals surface area contributed by atoms with Crippen molar-refractivity contribution < 1.29 is 4.12 Å². The van der Waals surface area contributed by atoms with Gasteiger partial charge in [0.05, 0.1) is 0 Å². The van der Waals surface area contributed by atoms with Gasteiger partial charge < -0.3 is 4.12 Å². The summed E-state index contributed by atoms with van der Waals surface area (Å²) in [5.41, 5.74) is 0. The fourth-order valence-corrected chi connectivity index (χ4v) is 2.70. The maximum absolute atomic E-state index is 4.92. The standard InChI is InChI=1S/C8H15OSi2/c10-9-11-7-8-5-3-1-2-4-6-8/h8H,1-7H2. The van der Waals surface area contributed by atoms with Crippen LogP contribution in [0.2, 0.25) is 6.04 Å². The first-order chi connectivity index (χ1) is 5.43. The quantitative estimate of drug-likeness (QED) is 0.481. The van der Waals surface area contributed by atoms with Crippen molar-refractivity contribution in [3.8, 4) is 0 Å². The molecule has 1 rings (SSSR count). The van der Waals surface area contributed by atoms with E-state index in [4.69, 9.17) is 4.12 Å². The van der Waals surface area contributed by atoms with Gasteiger partial charge >= 0.3 is 0 Å². The van der Waals surface area contributed by atoms with E-state index in [0.29, 0.717) is 9.76 Å². The summed E-state index contributed by atoms with van der Waals surface area (Å²) in [7, 11) is 3.71. The van der Waals surface area contributed by atoms with Gasteiger partial charge in [-0.2, -0.15) is 0 Å². The SMILES string of the molecule is [Si]O[Si]CC1CCCCCC1. The highest BCUT2D eigenvalue weighted by Crippen LogP contribution is 2.25. The Morgan fingerprint density at radius 3 is 2.36 bits per heavy atom. The highest BCUT2D eigenvalue weighted by atomic mass is 28.3. The minimum atomic E-state index is 0.656. The van der Waals surface area contributed by atoms with Gasteiger partial charge in [-0.3, -0.25) is 0 Å². The number of hydrogen-bond donors (Lipinski definition) is 0. The minimum Gasteiger partial charge on any atom is -0.458 e. The number of hydrogen-bond acceptors (Lipinski definition) is 1. The van der Waals surface area contributed by atoms with Crippen LogP contribution in [0.1, 0.15) is 38.5 Å². The second kappa shape index (κ2) is 5.97. The van der Waals surface area contributed by atoms with Crippen molar-refractivity contribution in [1.82, 2.24) is 0 Å². The normalized spacial score (nSPS) is 21.5. The van der Waals surface area contributed by atoms with Crippen molar-refractivity contribution >= 4 is 20.2 Å². The van der Waals surface area contributed by atoms with Gasteiger partial charge in [-0.25, -0.2) is 0 Å². The average molecular weight is 183 g/mol. The van der Waals surface area contributed by atoms with E-state index in [1.54, 1.807) is 0 Å². The van der Waals surface area contributed by atoms with E-state index in [2.05, 4.69) is 10.5 Å². The van der Waals surface area contributed by atoms with E-state index in [9.17, 15) is 0 Å². The first-order valence-electron chi connectivity index (χ1n) is 4.49. The van der Waals surface area contributed by atoms with E-state index in [1.807, 2.05) is 0 Å². The van der Waals surface area contributed by atoms with Gasteiger partial charge in [0.2, 0.25) is 20.2 Å². The largest absolute Gasteiger partial charge is 0.458 e. The van der Waals surface area contributed by atoms with Crippen LogP contribution in [-0.2, 0) is 4.12 Å². The molecule has 1 nitrogen and oxygen atoms in total. The minimum absolute atomic E-state index is 0.656. The lowest BCUT2D eigenvalue weighted by Crippen LogP contribution is -2.04. The predicted molar refractivity (Wildman–Crippen MR) is 48.6 cm³/mol. The fraction of sp³-hybridized carbons (Fsp3) is 1.00. The molecule has 0 heterocycles. The van der Waals surface area contributed by atoms with Gasteiger partial charge in [-0.15, -0.1) is 0 Å². The first-order valence-corrected chi connectivity index (χ1v) is 6.01. The van der Waals surface area contributed by atoms with Crippen molar-refractivity contribution in [2.24, 2.45) is 5.92 Å². The molecule has 0 aromatic heterocycles. The van der Waals surface area contributed by atoms with Crippen molar-refractivity contribution in [2.45, 2.75) is 44.6 Å². The Balaban J connectivity index is 2.09. The molecule has 11 heavy (non-hydrogen) atoms. The second-order valence-electron chi connectivity index (χ2n) is 3.31. The lowest BCUT2D eigenvalue weighted by atomic mass is 10.0. The zero-order valence-electron chi connectivity index (χ0n) is 6.94. The highest BCUT2D eigenvalue weighted by molar-refractivity contribution is 6.34. The molecule has 5 radical (unpaired) electrons. The molecular weight excluding hydrogens is 168 g/mol. The molecule has 0 N–H and O–H groups in total. The lowest BCUT2D eigenvalue weighted by Gasteiger charge is -2.11. The van der Waals surface area contributed by atoms with Crippen LogP contribution in [0.4, 0.5) is 0 Å². The molecule has 0 atom stereocenters. The summed E-state index contributed by atoms with van der Waals surface area (Å²) >= 11 is 0. The van der Waals surface area contributed by atoms with Crippen molar-refractivity contribution in [3.63, 3.8) is 0 Å². The zero-order valence-corrected chi connectivity index (χ0v) is 8.94. The molecule has 0 saturated heterocycles. The van der Waals surface area contributed by atoms with Crippen LogP contribution in [0.25, 0.3) is 0 Å². The molecule has 0 unspecified atom stereocenters. The van der Waals surface area contributed by atoms with Crippen LogP contribution in [-0.4, -0.2) is 20.2 Å². The number of rotatable bonds is 3. The van der Waals surface area contributed by atoms with E-state index in [1.165, 1.54) is 44.6 Å². The van der Waals surface area contributed by atoms with Crippen LogP contribution in [0.3, 0.4) is 0 Å². The van der Waals surface area contributed by atoms with E-state index in [-0.39, 0.29) is 0 Å². The van der Waals surface area contributed by atoms with Gasteiger partial charge in [0.15, 0.2) is 0 Å². The molecule has 0 aliphatic heterocycles. The summed E-state index contributed by atoms with van der Waals surface area (Å²) < 4.78 is 4.92. The van der Waals surface area contributed by atoms with E-state index < -0.39 is 0 Å². The third kappa shape index (κ3) is 4.08. The summed E-state index contributed by atoms with van der Waals surface area (Å²) in [6.07, 6.45) is 8.65. The Labute approximate surface area is 75.4 Å². The van der Waals surface area contributed by atoms with Gasteiger partial charge in [0.25, 0.3) is 0 Å². The van der Waals surface area contributed by atoms with Crippen molar-refractivity contribution in [3.05, 3.63) is 0 Å². The molecule has 1 saturated carbocycles. The molecule has 61 valence electrons. The van der Waals surface area contributed by atoms with E-state index >= 15 is 0 Å². The summed E-state index contributed by atoms with van der Waals surface area (Å²) in [5.74, 6) is 0.951. The highest BCUT2D eigenvalue weighted by Gasteiger charge is 2.11. The average Bonchev–Trinajstić information content (AvgIpc) is 2.28. The van der Waals surface area contributed by atoms with Crippen LogP contribution < -0.4 is 0 Å². The molecule has 1 aliphatic carbocycles. The molecule has 0 aromatic rings. The first kappa shape index (κ1) is 9.48. The smallest absolute Gasteiger partial charge is 0.229 e. The summed E-state index contributed by atoms with van der Waals surface area (Å²) in [4.78, 5) is 0. The van der Waals surface area contributed by atoms with Crippen LogP contribution in [0, 0.1) is 5.92 Å². The zero-order chi connectivity index (χ0) is 7.94. The molecule has 1 aliphatic rings. The lowest BCUT2D eigenvalue weighted by molar-refractivity contribution is 0.488. The summed E-state index contributed by atoms with van der Waals surface area (Å²) in [6.45, 7) is 0. The van der Waals surface area contributed by atoms with Gasteiger partial charge in [-0.1, -0.05) is 38.5 Å². The van der Waals surface area contributed by atoms with Crippen LogP contribution in [0.5, 0.6) is 0 Å². The van der Waals surface area contributed by atoms with Crippen LogP contribution in [0.15, 0.2) is 0 Å². The van der Waals surface area contributed by atoms with Crippen molar-refractivity contribution in [1.29, 1.82) is 0 Å². The Morgan fingerprint density at radius 1 is 1.18 bits per heavy atom. The summed E-state index contributed by atoms with van der Waals surface area (Å²) in [5, 5.41) is 0. The van der Waals surface area contributed by atoms with Gasteiger partial charge in [-0.05, 0) is 12.0 Å². The Hall–Kier alpha value is 0.394. The van der Waals surface area contributed by atoms with Gasteiger partial charge in [0.1, 0.15) is 0 Å². The molecule has 0 spiro atoms. The maximum Gasteiger partial charge on any atom is 0.229 e. The third-order valence-corrected chi connectivity index (χ3v) is 3.74. The third-order valence-electron chi connectivity index (χ3n) is 2.42. The molecule has 0 bridgehead atoms. The molecule has 3 heteroatoms. The Kier molecular flexibility index (Phi) is 5.15. The maximum atomic E-state index is 4.92. The molecular formula is C8H15OSi2. The predicted octanol–water partition coefficient (Wildman–Crippen LogP) is 2.09. The monoisotopic (exact) mass is 183 g/mol. The molecule has 0 aromatic carbocycles.